The van der Waals surface area contributed by atoms with Gasteiger partial charge in [0.15, 0.2) is 17.5 Å². The first kappa shape index (κ1) is 18.3. The highest BCUT2D eigenvalue weighted by atomic mass is 32.2. The molecule has 26 heavy (non-hydrogen) atoms. The van der Waals surface area contributed by atoms with Gasteiger partial charge in [0.1, 0.15) is 0 Å². The zero-order chi connectivity index (χ0) is 18.2. The summed E-state index contributed by atoms with van der Waals surface area (Å²) < 4.78 is 22.8. The van der Waals surface area contributed by atoms with Crippen molar-refractivity contribution < 1.29 is 13.7 Å². The molecule has 1 atom stereocenters. The molecule has 0 bridgehead atoms. The minimum Gasteiger partial charge on any atom is -0.454 e. The third kappa shape index (κ3) is 5.23. The number of nitrogens with one attached hydrogen (secondary N) is 2. The maximum Gasteiger partial charge on any atom is 0.231 e. The largest absolute Gasteiger partial charge is 0.454 e. The standard InChI is InChI=1S/C19H23N3O3S/c1-20-19(21-9-10-26(23)13-15-5-3-2-4-6-15)22-12-16-7-8-17-18(11-16)25-14-24-17/h2-8,11H,9-10,12-14H2,1H3,(H2,20,21,22). The van der Waals surface area contributed by atoms with Gasteiger partial charge in [-0.3, -0.25) is 9.20 Å². The molecule has 0 saturated heterocycles. The Balaban J connectivity index is 1.40. The van der Waals surface area contributed by atoms with Gasteiger partial charge in [0, 0.05) is 42.4 Å². The number of benzene rings is 2. The molecule has 0 aromatic heterocycles. The second-order valence-electron chi connectivity index (χ2n) is 5.81. The third-order valence-electron chi connectivity index (χ3n) is 3.91. The summed E-state index contributed by atoms with van der Waals surface area (Å²) in [6.45, 7) is 1.49. The van der Waals surface area contributed by atoms with Crippen molar-refractivity contribution in [3.63, 3.8) is 0 Å². The van der Waals surface area contributed by atoms with Gasteiger partial charge in [0.25, 0.3) is 0 Å². The van der Waals surface area contributed by atoms with Gasteiger partial charge in [-0.2, -0.15) is 0 Å². The molecule has 1 unspecified atom stereocenters. The van der Waals surface area contributed by atoms with Crippen molar-refractivity contribution in [3.8, 4) is 11.5 Å². The van der Waals surface area contributed by atoms with Crippen molar-refractivity contribution in [2.45, 2.75) is 12.3 Å². The first-order valence-electron chi connectivity index (χ1n) is 8.46. The topological polar surface area (TPSA) is 72.0 Å². The Hall–Kier alpha value is -2.54. The Morgan fingerprint density at radius 3 is 2.69 bits per heavy atom. The molecular weight excluding hydrogens is 350 g/mol. The minimum absolute atomic E-state index is 0.273. The fourth-order valence-electron chi connectivity index (χ4n) is 2.57. The molecule has 1 aliphatic heterocycles. The lowest BCUT2D eigenvalue weighted by atomic mass is 10.2. The maximum atomic E-state index is 12.2. The highest BCUT2D eigenvalue weighted by Crippen LogP contribution is 2.32. The summed E-state index contributed by atoms with van der Waals surface area (Å²) in [5.41, 5.74) is 2.17. The van der Waals surface area contributed by atoms with E-state index in [-0.39, 0.29) is 6.79 Å². The number of fused-ring (bicyclic) bond motifs is 1. The lowest BCUT2D eigenvalue weighted by molar-refractivity contribution is 0.174. The Kier molecular flexibility index (Phi) is 6.49. The highest BCUT2D eigenvalue weighted by Gasteiger charge is 2.13. The lowest BCUT2D eigenvalue weighted by Gasteiger charge is -2.12. The van der Waals surface area contributed by atoms with E-state index in [2.05, 4.69) is 15.6 Å². The first-order valence-corrected chi connectivity index (χ1v) is 9.95. The molecule has 2 aromatic rings. The summed E-state index contributed by atoms with van der Waals surface area (Å²) in [6.07, 6.45) is 0. The van der Waals surface area contributed by atoms with Gasteiger partial charge in [0.2, 0.25) is 6.79 Å². The van der Waals surface area contributed by atoms with E-state index < -0.39 is 10.8 Å². The summed E-state index contributed by atoms with van der Waals surface area (Å²) in [7, 11) is 0.813. The van der Waals surface area contributed by atoms with Crippen molar-refractivity contribution >= 4 is 16.8 Å². The number of rotatable bonds is 7. The number of ether oxygens (including phenoxy) is 2. The van der Waals surface area contributed by atoms with E-state index >= 15 is 0 Å². The van der Waals surface area contributed by atoms with Crippen LogP contribution in [0.5, 0.6) is 11.5 Å². The van der Waals surface area contributed by atoms with Crippen LogP contribution in [0.25, 0.3) is 0 Å². The number of guanidine groups is 1. The van der Waals surface area contributed by atoms with Crippen molar-refractivity contribution in [1.82, 2.24) is 10.6 Å². The van der Waals surface area contributed by atoms with Gasteiger partial charge >= 0.3 is 0 Å². The van der Waals surface area contributed by atoms with E-state index in [1.165, 1.54) is 0 Å². The zero-order valence-electron chi connectivity index (χ0n) is 14.7. The molecule has 0 radical (unpaired) electrons. The van der Waals surface area contributed by atoms with Crippen LogP contribution in [0.3, 0.4) is 0 Å². The van der Waals surface area contributed by atoms with Crippen LogP contribution in [-0.2, 0) is 23.1 Å². The van der Waals surface area contributed by atoms with Crippen LogP contribution >= 0.6 is 0 Å². The van der Waals surface area contributed by atoms with Crippen LogP contribution in [0.15, 0.2) is 53.5 Å². The van der Waals surface area contributed by atoms with Gasteiger partial charge in [0.05, 0.1) is 0 Å². The molecule has 2 N–H and O–H groups in total. The van der Waals surface area contributed by atoms with Crippen molar-refractivity contribution in [2.24, 2.45) is 4.99 Å². The Morgan fingerprint density at radius 2 is 1.88 bits per heavy atom. The average Bonchev–Trinajstić information content (AvgIpc) is 3.13. The fraction of sp³-hybridized carbons (Fsp3) is 0.316. The second kappa shape index (κ2) is 9.24. The monoisotopic (exact) mass is 373 g/mol. The quantitative estimate of drug-likeness (QED) is 0.574. The van der Waals surface area contributed by atoms with Gasteiger partial charge in [-0.15, -0.1) is 0 Å². The average molecular weight is 373 g/mol. The summed E-state index contributed by atoms with van der Waals surface area (Å²) in [4.78, 5) is 4.20. The molecule has 0 fully saturated rings. The van der Waals surface area contributed by atoms with Gasteiger partial charge < -0.3 is 20.1 Å². The van der Waals surface area contributed by atoms with Gasteiger partial charge in [-0.05, 0) is 23.3 Å². The smallest absolute Gasteiger partial charge is 0.231 e. The Morgan fingerprint density at radius 1 is 1.08 bits per heavy atom. The van der Waals surface area contributed by atoms with Crippen molar-refractivity contribution in [1.29, 1.82) is 0 Å². The first-order chi connectivity index (χ1) is 12.7. The molecule has 0 aliphatic carbocycles. The number of hydrogen-bond donors (Lipinski definition) is 2. The normalized spacial score (nSPS) is 14.1. The summed E-state index contributed by atoms with van der Waals surface area (Å²) in [5.74, 6) is 3.37. The number of hydrogen-bond acceptors (Lipinski definition) is 4. The zero-order valence-corrected chi connectivity index (χ0v) is 15.6. The molecule has 0 amide bonds. The fourth-order valence-corrected chi connectivity index (χ4v) is 3.61. The van der Waals surface area contributed by atoms with Gasteiger partial charge in [-0.1, -0.05) is 36.4 Å². The minimum atomic E-state index is -0.905. The maximum absolute atomic E-state index is 12.2. The molecule has 138 valence electrons. The molecular formula is C19H23N3O3S. The van der Waals surface area contributed by atoms with Crippen LogP contribution in [0.1, 0.15) is 11.1 Å². The molecule has 6 nitrogen and oxygen atoms in total. The summed E-state index contributed by atoms with van der Waals surface area (Å²) in [5, 5.41) is 6.44. The molecule has 2 aromatic carbocycles. The Labute approximate surface area is 156 Å². The molecule has 7 heteroatoms. The van der Waals surface area contributed by atoms with Crippen LogP contribution in [0, 0.1) is 0 Å². The van der Waals surface area contributed by atoms with Crippen LogP contribution < -0.4 is 20.1 Å². The lowest BCUT2D eigenvalue weighted by Crippen LogP contribution is -2.38. The van der Waals surface area contributed by atoms with Crippen LogP contribution in [-0.4, -0.2) is 36.3 Å². The SMILES string of the molecule is CN=C(NCCS(=O)Cc1ccccc1)NCc1ccc2c(c1)OCO2. The van der Waals surface area contributed by atoms with Gasteiger partial charge in [-0.25, -0.2) is 0 Å². The molecule has 1 aliphatic rings. The van der Waals surface area contributed by atoms with Crippen LogP contribution in [0.4, 0.5) is 0 Å². The van der Waals surface area contributed by atoms with E-state index in [1.807, 2.05) is 48.5 Å². The Bertz CT molecular complexity index is 781. The third-order valence-corrected chi connectivity index (χ3v) is 5.23. The van der Waals surface area contributed by atoms with E-state index in [0.717, 1.165) is 22.6 Å². The predicted molar refractivity (Wildman–Crippen MR) is 104 cm³/mol. The second-order valence-corrected chi connectivity index (χ2v) is 7.39. The van der Waals surface area contributed by atoms with Crippen molar-refractivity contribution in [2.75, 3.05) is 26.1 Å². The summed E-state index contributed by atoms with van der Waals surface area (Å²) in [6, 6.07) is 15.7. The van der Waals surface area contributed by atoms with E-state index in [1.54, 1.807) is 7.05 Å². The van der Waals surface area contributed by atoms with E-state index in [4.69, 9.17) is 9.47 Å². The summed E-state index contributed by atoms with van der Waals surface area (Å²) >= 11 is 0. The molecule has 0 saturated carbocycles. The highest BCUT2D eigenvalue weighted by molar-refractivity contribution is 7.84. The molecule has 3 rings (SSSR count). The number of nitrogens with zero attached hydrogens (tertiary/aromatic N) is 1. The number of aliphatic imine (C=N–C) groups is 1. The molecule has 1 heterocycles. The van der Waals surface area contributed by atoms with E-state index in [0.29, 0.717) is 30.6 Å². The van der Waals surface area contributed by atoms with Crippen molar-refractivity contribution in [3.05, 3.63) is 59.7 Å². The van der Waals surface area contributed by atoms with Crippen LogP contribution in [0.2, 0.25) is 0 Å². The molecule has 0 spiro atoms. The van der Waals surface area contributed by atoms with E-state index in [9.17, 15) is 4.21 Å². The predicted octanol–water partition coefficient (Wildman–Crippen LogP) is 2.03.